The molecule has 0 radical (unpaired) electrons. The molecule has 0 atom stereocenters. The van der Waals surface area contributed by atoms with Crippen LogP contribution in [0.25, 0.3) is 0 Å². The highest BCUT2D eigenvalue weighted by molar-refractivity contribution is 5.97. The number of carbonyl (C=O) groups is 1. The summed E-state index contributed by atoms with van der Waals surface area (Å²) in [7, 11) is 0. The second-order valence-electron chi connectivity index (χ2n) is 8.58. The van der Waals surface area contributed by atoms with E-state index in [0.717, 1.165) is 37.2 Å². The number of halogens is 1. The van der Waals surface area contributed by atoms with Crippen LogP contribution in [0.1, 0.15) is 74.5 Å². The zero-order valence-corrected chi connectivity index (χ0v) is 17.7. The summed E-state index contributed by atoms with van der Waals surface area (Å²) in [4.78, 5) is 23.4. The van der Waals surface area contributed by atoms with Crippen molar-refractivity contribution >= 4 is 5.78 Å². The average Bonchev–Trinajstić information content (AvgIpc) is 2.68. The van der Waals surface area contributed by atoms with Gasteiger partial charge >= 0.3 is 0 Å². The molecule has 6 heteroatoms. The summed E-state index contributed by atoms with van der Waals surface area (Å²) in [5.41, 5.74) is 2.03. The minimum Gasteiger partial charge on any atom is -0.471 e. The van der Waals surface area contributed by atoms with Crippen molar-refractivity contribution in [3.05, 3.63) is 53.2 Å². The Bertz CT molecular complexity index is 855. The van der Waals surface area contributed by atoms with Gasteiger partial charge in [0.25, 0.3) is 0 Å². The lowest BCUT2D eigenvalue weighted by Crippen LogP contribution is -2.34. The minimum absolute atomic E-state index is 0.00506. The van der Waals surface area contributed by atoms with Crippen LogP contribution in [0.2, 0.25) is 0 Å². The number of ketones is 1. The molecular weight excluding hydrogens is 369 g/mol. The number of benzene rings is 1. The van der Waals surface area contributed by atoms with Crippen LogP contribution in [0.3, 0.4) is 0 Å². The molecule has 29 heavy (non-hydrogen) atoms. The first-order valence-corrected chi connectivity index (χ1v) is 10.3. The largest absolute Gasteiger partial charge is 0.471 e. The molecule has 1 aliphatic heterocycles. The molecule has 2 heterocycles. The second kappa shape index (κ2) is 8.99. The fraction of sp³-hybridized carbons (Fsp3) is 0.522. The molecule has 0 bridgehead atoms. The van der Waals surface area contributed by atoms with E-state index in [1.807, 2.05) is 27.7 Å². The van der Waals surface area contributed by atoms with E-state index in [1.54, 1.807) is 18.5 Å². The lowest BCUT2D eigenvalue weighted by atomic mass is 9.85. The summed E-state index contributed by atoms with van der Waals surface area (Å²) in [6.07, 6.45) is 5.57. The van der Waals surface area contributed by atoms with Gasteiger partial charge in [-0.25, -0.2) is 9.37 Å². The van der Waals surface area contributed by atoms with Gasteiger partial charge in [-0.05, 0) is 70.3 Å². The Balaban J connectivity index is 1.68. The van der Waals surface area contributed by atoms with Crippen molar-refractivity contribution in [2.45, 2.75) is 65.0 Å². The van der Waals surface area contributed by atoms with Gasteiger partial charge in [0, 0.05) is 30.9 Å². The number of carbonyl (C=O) groups excluding carboxylic acids is 1. The minimum atomic E-state index is -0.350. The van der Waals surface area contributed by atoms with Gasteiger partial charge < -0.3 is 4.74 Å². The molecule has 1 aromatic carbocycles. The highest BCUT2D eigenvalue weighted by Crippen LogP contribution is 2.32. The number of ether oxygens (including phenoxy) is 1. The number of Topliss-reactive ketones (excluding diaryl/α,β-unsaturated/α-hetero) is 1. The summed E-state index contributed by atoms with van der Waals surface area (Å²) in [6.45, 7) is 10.2. The smallest absolute Gasteiger partial charge is 0.237 e. The van der Waals surface area contributed by atoms with Gasteiger partial charge in [-0.15, -0.1) is 0 Å². The van der Waals surface area contributed by atoms with Crippen molar-refractivity contribution in [1.29, 1.82) is 0 Å². The molecule has 0 amide bonds. The fourth-order valence-corrected chi connectivity index (χ4v) is 3.77. The Morgan fingerprint density at radius 2 is 1.90 bits per heavy atom. The molecule has 156 valence electrons. The predicted molar refractivity (Wildman–Crippen MR) is 111 cm³/mol. The number of hydrogen-bond acceptors (Lipinski definition) is 5. The van der Waals surface area contributed by atoms with Gasteiger partial charge in [-0.3, -0.25) is 14.7 Å². The van der Waals surface area contributed by atoms with E-state index in [-0.39, 0.29) is 23.1 Å². The van der Waals surface area contributed by atoms with Crippen LogP contribution in [-0.4, -0.2) is 39.3 Å². The molecule has 1 saturated heterocycles. The summed E-state index contributed by atoms with van der Waals surface area (Å²) in [6, 6.07) is 4.64. The molecule has 0 N–H and O–H groups in total. The molecule has 1 fully saturated rings. The molecule has 5 nitrogen and oxygen atoms in total. The first-order valence-electron chi connectivity index (χ1n) is 10.3. The van der Waals surface area contributed by atoms with E-state index in [0.29, 0.717) is 24.4 Å². The van der Waals surface area contributed by atoms with E-state index in [1.165, 1.54) is 12.1 Å². The Morgan fingerprint density at radius 1 is 1.21 bits per heavy atom. The molecule has 0 spiro atoms. The highest BCUT2D eigenvalue weighted by Gasteiger charge is 2.26. The SMILES string of the molecule is CCC(=O)c1cc(F)ccc1C1CCN(Cc2nccnc2OC(C)(C)C)CC1. The van der Waals surface area contributed by atoms with Crippen LogP contribution >= 0.6 is 0 Å². The molecule has 0 unspecified atom stereocenters. The maximum Gasteiger partial charge on any atom is 0.237 e. The van der Waals surface area contributed by atoms with Crippen LogP contribution in [-0.2, 0) is 6.54 Å². The lowest BCUT2D eigenvalue weighted by molar-refractivity contribution is 0.0984. The second-order valence-corrected chi connectivity index (χ2v) is 8.58. The Labute approximate surface area is 172 Å². The van der Waals surface area contributed by atoms with Crippen molar-refractivity contribution in [3.8, 4) is 5.88 Å². The van der Waals surface area contributed by atoms with E-state index >= 15 is 0 Å². The third kappa shape index (κ3) is 5.60. The quantitative estimate of drug-likeness (QED) is 0.655. The monoisotopic (exact) mass is 399 g/mol. The van der Waals surface area contributed by atoms with Gasteiger partial charge in [-0.2, -0.15) is 0 Å². The number of hydrogen-bond donors (Lipinski definition) is 0. The van der Waals surface area contributed by atoms with Crippen molar-refractivity contribution in [2.75, 3.05) is 13.1 Å². The third-order valence-electron chi connectivity index (χ3n) is 5.18. The van der Waals surface area contributed by atoms with E-state index in [2.05, 4.69) is 14.9 Å². The summed E-state index contributed by atoms with van der Waals surface area (Å²) < 4.78 is 19.6. The standard InChI is InChI=1S/C23H30FN3O2/c1-5-21(28)19-14-17(24)6-7-18(19)16-8-12-27(13-9-16)15-20-22(26-11-10-25-20)29-23(2,3)4/h6-7,10-11,14,16H,5,8-9,12-13,15H2,1-4H3. The Kier molecular flexibility index (Phi) is 6.63. The van der Waals surface area contributed by atoms with Gasteiger partial charge in [0.15, 0.2) is 5.78 Å². The number of rotatable bonds is 6. The van der Waals surface area contributed by atoms with E-state index in [9.17, 15) is 9.18 Å². The first-order chi connectivity index (χ1) is 13.8. The van der Waals surface area contributed by atoms with Crippen molar-refractivity contribution < 1.29 is 13.9 Å². The Morgan fingerprint density at radius 3 is 2.55 bits per heavy atom. The summed E-state index contributed by atoms with van der Waals surface area (Å²) in [5, 5.41) is 0. The van der Waals surface area contributed by atoms with Crippen LogP contribution in [0, 0.1) is 5.82 Å². The van der Waals surface area contributed by atoms with Crippen molar-refractivity contribution in [2.24, 2.45) is 0 Å². The predicted octanol–water partition coefficient (Wildman–Crippen LogP) is 4.77. The first kappa shape index (κ1) is 21.4. The molecule has 2 aromatic rings. The van der Waals surface area contributed by atoms with Crippen LogP contribution in [0.5, 0.6) is 5.88 Å². The van der Waals surface area contributed by atoms with Gasteiger partial charge in [0.05, 0.1) is 0 Å². The maximum absolute atomic E-state index is 13.7. The molecular formula is C23H30FN3O2. The van der Waals surface area contributed by atoms with E-state index in [4.69, 9.17) is 4.74 Å². The highest BCUT2D eigenvalue weighted by atomic mass is 19.1. The molecule has 1 aliphatic rings. The summed E-state index contributed by atoms with van der Waals surface area (Å²) in [5.74, 6) is 0.503. The van der Waals surface area contributed by atoms with Gasteiger partial charge in [0.2, 0.25) is 5.88 Å². The number of aromatic nitrogens is 2. The average molecular weight is 400 g/mol. The molecule has 3 rings (SSSR count). The maximum atomic E-state index is 13.7. The number of likely N-dealkylation sites (tertiary alicyclic amines) is 1. The number of nitrogens with zero attached hydrogens (tertiary/aromatic N) is 3. The van der Waals surface area contributed by atoms with Crippen LogP contribution in [0.15, 0.2) is 30.6 Å². The summed E-state index contributed by atoms with van der Waals surface area (Å²) >= 11 is 0. The lowest BCUT2D eigenvalue weighted by Gasteiger charge is -2.33. The van der Waals surface area contributed by atoms with Gasteiger partial charge in [-0.1, -0.05) is 13.0 Å². The van der Waals surface area contributed by atoms with Crippen LogP contribution in [0.4, 0.5) is 4.39 Å². The molecule has 1 aromatic heterocycles. The molecule has 0 aliphatic carbocycles. The zero-order valence-electron chi connectivity index (χ0n) is 17.7. The van der Waals surface area contributed by atoms with Crippen molar-refractivity contribution in [3.63, 3.8) is 0 Å². The van der Waals surface area contributed by atoms with Crippen molar-refractivity contribution in [1.82, 2.24) is 14.9 Å². The Hall–Kier alpha value is -2.34. The van der Waals surface area contributed by atoms with E-state index < -0.39 is 0 Å². The zero-order chi connectivity index (χ0) is 21.0. The fourth-order valence-electron chi connectivity index (χ4n) is 3.77. The van der Waals surface area contributed by atoms with Gasteiger partial charge in [0.1, 0.15) is 17.1 Å². The molecule has 0 saturated carbocycles. The van der Waals surface area contributed by atoms with Crippen LogP contribution < -0.4 is 4.74 Å². The topological polar surface area (TPSA) is 55.3 Å². The third-order valence-corrected chi connectivity index (χ3v) is 5.18. The number of piperidine rings is 1. The normalized spacial score (nSPS) is 16.0.